The van der Waals surface area contributed by atoms with Gasteiger partial charge in [0, 0.05) is 31.8 Å². The molecule has 0 aliphatic carbocycles. The fourth-order valence-electron chi connectivity index (χ4n) is 2.40. The summed E-state index contributed by atoms with van der Waals surface area (Å²) in [6, 6.07) is 7.72. The Hall–Kier alpha value is -2.38. The van der Waals surface area contributed by atoms with E-state index in [0.29, 0.717) is 32.3 Å². The van der Waals surface area contributed by atoms with Gasteiger partial charge in [0.25, 0.3) is 0 Å². The van der Waals surface area contributed by atoms with Gasteiger partial charge < -0.3 is 15.4 Å². The number of ether oxygens (including phenoxy) is 1. The Morgan fingerprint density at radius 3 is 2.72 bits per heavy atom. The molecule has 0 aliphatic heterocycles. The molecule has 8 heteroatoms. The normalized spacial score (nSPS) is 11.0. The number of nitrogens with zero attached hydrogens (tertiary/aromatic N) is 4. The van der Waals surface area contributed by atoms with Gasteiger partial charge in [0.15, 0.2) is 5.65 Å². The predicted octanol–water partition coefficient (Wildman–Crippen LogP) is 3.08. The second-order valence-electron chi connectivity index (χ2n) is 5.50. The van der Waals surface area contributed by atoms with E-state index in [-0.39, 0.29) is 0 Å². The van der Waals surface area contributed by atoms with Crippen LogP contribution in [0.3, 0.4) is 0 Å². The molecule has 2 heterocycles. The van der Waals surface area contributed by atoms with Crippen LogP contribution in [0.5, 0.6) is 0 Å². The van der Waals surface area contributed by atoms with Gasteiger partial charge in [-0.05, 0) is 24.6 Å². The number of halogens is 1. The van der Waals surface area contributed by atoms with Gasteiger partial charge in [-0.2, -0.15) is 15.1 Å². The Morgan fingerprint density at radius 2 is 1.96 bits per heavy atom. The lowest BCUT2D eigenvalue weighted by Crippen LogP contribution is -2.13. The van der Waals surface area contributed by atoms with Crippen LogP contribution in [0.2, 0.25) is 5.02 Å². The highest BCUT2D eigenvalue weighted by Crippen LogP contribution is 2.22. The van der Waals surface area contributed by atoms with Crippen LogP contribution in [0.25, 0.3) is 11.0 Å². The van der Waals surface area contributed by atoms with Gasteiger partial charge in [-0.25, -0.2) is 0 Å². The predicted molar refractivity (Wildman–Crippen MR) is 100 cm³/mol. The lowest BCUT2D eigenvalue weighted by molar-refractivity contribution is 0.158. The summed E-state index contributed by atoms with van der Waals surface area (Å²) in [4.78, 5) is 9.10. The molecular formula is C17H21ClN6O. The van der Waals surface area contributed by atoms with Crippen LogP contribution in [0.4, 0.5) is 11.8 Å². The number of hydrogen-bond donors (Lipinski definition) is 2. The van der Waals surface area contributed by atoms with E-state index in [1.807, 2.05) is 38.2 Å². The number of aromatic nitrogens is 4. The van der Waals surface area contributed by atoms with Crippen molar-refractivity contribution in [2.24, 2.45) is 7.05 Å². The number of aryl methyl sites for hydroxylation is 1. The van der Waals surface area contributed by atoms with Crippen molar-refractivity contribution in [3.63, 3.8) is 0 Å². The van der Waals surface area contributed by atoms with Crippen LogP contribution in [0.1, 0.15) is 12.5 Å². The van der Waals surface area contributed by atoms with Crippen LogP contribution in [-0.4, -0.2) is 39.5 Å². The van der Waals surface area contributed by atoms with Crippen molar-refractivity contribution < 1.29 is 4.74 Å². The quantitative estimate of drug-likeness (QED) is 0.601. The highest BCUT2D eigenvalue weighted by molar-refractivity contribution is 6.30. The smallest absolute Gasteiger partial charge is 0.226 e. The lowest BCUT2D eigenvalue weighted by Gasteiger charge is -2.10. The molecule has 0 spiro atoms. The van der Waals surface area contributed by atoms with Crippen molar-refractivity contribution in [2.45, 2.75) is 13.5 Å². The van der Waals surface area contributed by atoms with Crippen LogP contribution < -0.4 is 10.6 Å². The molecule has 7 nitrogen and oxygen atoms in total. The summed E-state index contributed by atoms with van der Waals surface area (Å²) in [7, 11) is 1.86. The van der Waals surface area contributed by atoms with Gasteiger partial charge >= 0.3 is 0 Å². The molecule has 3 aromatic rings. The van der Waals surface area contributed by atoms with Crippen LogP contribution in [0, 0.1) is 0 Å². The Morgan fingerprint density at radius 1 is 1.16 bits per heavy atom. The molecule has 0 amide bonds. The highest BCUT2D eigenvalue weighted by atomic mass is 35.5. The summed E-state index contributed by atoms with van der Waals surface area (Å²) in [5.41, 5.74) is 1.89. The van der Waals surface area contributed by atoms with E-state index < -0.39 is 0 Å². The van der Waals surface area contributed by atoms with Crippen LogP contribution in [-0.2, 0) is 18.3 Å². The topological polar surface area (TPSA) is 76.9 Å². The average Bonchev–Trinajstić information content (AvgIpc) is 2.99. The highest BCUT2D eigenvalue weighted by Gasteiger charge is 2.11. The van der Waals surface area contributed by atoms with Crippen molar-refractivity contribution in [2.75, 3.05) is 30.4 Å². The second-order valence-corrected chi connectivity index (χ2v) is 5.94. The molecule has 1 aromatic carbocycles. The fraction of sp³-hybridized carbons (Fsp3) is 0.353. The molecule has 2 aromatic heterocycles. The molecule has 0 atom stereocenters. The molecule has 0 radical (unpaired) electrons. The first kappa shape index (κ1) is 17.4. The maximum Gasteiger partial charge on any atom is 0.226 e. The summed E-state index contributed by atoms with van der Waals surface area (Å²) >= 11 is 5.93. The van der Waals surface area contributed by atoms with E-state index in [4.69, 9.17) is 16.3 Å². The minimum atomic E-state index is 0.550. The third-order valence-corrected chi connectivity index (χ3v) is 3.95. The maximum absolute atomic E-state index is 5.93. The zero-order chi connectivity index (χ0) is 17.6. The number of fused-ring (bicyclic) bond motifs is 1. The van der Waals surface area contributed by atoms with E-state index in [2.05, 4.69) is 25.7 Å². The summed E-state index contributed by atoms with van der Waals surface area (Å²) < 4.78 is 7.07. The molecule has 0 bridgehead atoms. The first-order valence-corrected chi connectivity index (χ1v) is 8.55. The third kappa shape index (κ3) is 4.37. The van der Waals surface area contributed by atoms with Gasteiger partial charge in [-0.15, -0.1) is 0 Å². The Kier molecular flexibility index (Phi) is 5.67. The van der Waals surface area contributed by atoms with Crippen molar-refractivity contribution in [3.05, 3.63) is 41.0 Å². The average molecular weight is 361 g/mol. The standard InChI is InChI=1S/C17H21ClN6O/c1-3-25-9-8-19-17-22-15(14-11-21-24(2)16(14)23-17)20-10-12-4-6-13(18)7-5-12/h4-7,11H,3,8-10H2,1-2H3,(H2,19,20,22,23). The zero-order valence-corrected chi connectivity index (χ0v) is 15.0. The first-order chi connectivity index (χ1) is 12.2. The second kappa shape index (κ2) is 8.13. The summed E-state index contributed by atoms with van der Waals surface area (Å²) in [6.45, 7) is 4.55. The van der Waals surface area contributed by atoms with Gasteiger partial charge in [-0.1, -0.05) is 23.7 Å². The van der Waals surface area contributed by atoms with Crippen molar-refractivity contribution >= 4 is 34.4 Å². The van der Waals surface area contributed by atoms with E-state index in [0.717, 1.165) is 27.4 Å². The number of benzene rings is 1. The van der Waals surface area contributed by atoms with Crippen molar-refractivity contribution in [1.82, 2.24) is 19.7 Å². The van der Waals surface area contributed by atoms with E-state index in [9.17, 15) is 0 Å². The molecule has 0 aliphatic rings. The molecule has 0 saturated heterocycles. The molecule has 132 valence electrons. The molecule has 0 fully saturated rings. The van der Waals surface area contributed by atoms with Gasteiger partial charge in [0.2, 0.25) is 5.95 Å². The van der Waals surface area contributed by atoms with Gasteiger partial charge in [-0.3, -0.25) is 4.68 Å². The Balaban J connectivity index is 1.78. The zero-order valence-electron chi connectivity index (χ0n) is 14.3. The number of anilines is 2. The minimum Gasteiger partial charge on any atom is -0.380 e. The third-order valence-electron chi connectivity index (χ3n) is 3.70. The Bertz CT molecular complexity index is 833. The van der Waals surface area contributed by atoms with Gasteiger partial charge in [0.05, 0.1) is 18.2 Å². The molecule has 3 rings (SSSR count). The fourth-order valence-corrected chi connectivity index (χ4v) is 2.53. The maximum atomic E-state index is 5.93. The monoisotopic (exact) mass is 360 g/mol. The van der Waals surface area contributed by atoms with Crippen LogP contribution in [0.15, 0.2) is 30.5 Å². The molecule has 0 unspecified atom stereocenters. The molecular weight excluding hydrogens is 340 g/mol. The number of rotatable bonds is 8. The minimum absolute atomic E-state index is 0.550. The first-order valence-electron chi connectivity index (χ1n) is 8.17. The van der Waals surface area contributed by atoms with E-state index >= 15 is 0 Å². The number of nitrogens with one attached hydrogen (secondary N) is 2. The molecule has 0 saturated carbocycles. The van der Waals surface area contributed by atoms with Gasteiger partial charge in [0.1, 0.15) is 5.82 Å². The summed E-state index contributed by atoms with van der Waals surface area (Å²) in [5.74, 6) is 1.29. The largest absolute Gasteiger partial charge is 0.380 e. The van der Waals surface area contributed by atoms with E-state index in [1.54, 1.807) is 10.9 Å². The summed E-state index contributed by atoms with van der Waals surface area (Å²) in [5, 5.41) is 12.4. The summed E-state index contributed by atoms with van der Waals surface area (Å²) in [6.07, 6.45) is 1.77. The van der Waals surface area contributed by atoms with E-state index in [1.165, 1.54) is 0 Å². The SMILES string of the molecule is CCOCCNc1nc(NCc2ccc(Cl)cc2)c2cnn(C)c2n1. The lowest BCUT2D eigenvalue weighted by atomic mass is 10.2. The molecule has 25 heavy (non-hydrogen) atoms. The van der Waals surface area contributed by atoms with Crippen molar-refractivity contribution in [1.29, 1.82) is 0 Å². The Labute approximate surface area is 151 Å². The van der Waals surface area contributed by atoms with Crippen LogP contribution >= 0.6 is 11.6 Å². The molecule has 2 N–H and O–H groups in total. The van der Waals surface area contributed by atoms with Crippen molar-refractivity contribution in [3.8, 4) is 0 Å². The number of hydrogen-bond acceptors (Lipinski definition) is 6.